The van der Waals surface area contributed by atoms with E-state index in [2.05, 4.69) is 26.3 Å². The maximum atomic E-state index is 10.9. The molecule has 2 atom stereocenters. The van der Waals surface area contributed by atoms with Gasteiger partial charge in [0.1, 0.15) is 6.04 Å². The number of carboxylic acids is 1. The van der Waals surface area contributed by atoms with E-state index in [0.29, 0.717) is 6.42 Å². The van der Waals surface area contributed by atoms with Crippen molar-refractivity contribution in [1.82, 2.24) is 15.1 Å². The second kappa shape index (κ2) is 4.55. The van der Waals surface area contributed by atoms with E-state index in [4.69, 9.17) is 5.11 Å². The van der Waals surface area contributed by atoms with Crippen LogP contribution >= 0.6 is 15.9 Å². The number of carboxylic acid groups (broad SMARTS) is 1. The van der Waals surface area contributed by atoms with Crippen molar-refractivity contribution in [1.29, 1.82) is 0 Å². The molecule has 16 heavy (non-hydrogen) atoms. The molecule has 5 nitrogen and oxygen atoms in total. The van der Waals surface area contributed by atoms with Crippen LogP contribution in [-0.2, 0) is 11.3 Å². The van der Waals surface area contributed by atoms with Crippen LogP contribution in [0.15, 0.2) is 10.7 Å². The standard InChI is InChI=1S/C10H14BrN3O2/c1-2-14-9(6(11)5-12-14)7-3-4-8(13-7)10(15)16/h5,7-8,13H,2-4H2,1H3,(H,15,16). The second-order valence-corrected chi connectivity index (χ2v) is 4.74. The Bertz CT molecular complexity index is 405. The molecule has 1 fully saturated rings. The normalized spacial score (nSPS) is 24.9. The van der Waals surface area contributed by atoms with E-state index in [9.17, 15) is 4.79 Å². The number of aromatic nitrogens is 2. The van der Waals surface area contributed by atoms with Crippen molar-refractivity contribution in [2.75, 3.05) is 0 Å². The highest BCUT2D eigenvalue weighted by atomic mass is 79.9. The zero-order chi connectivity index (χ0) is 11.7. The summed E-state index contributed by atoms with van der Waals surface area (Å²) in [5.74, 6) is -0.777. The molecule has 0 bridgehead atoms. The summed E-state index contributed by atoms with van der Waals surface area (Å²) in [4.78, 5) is 10.9. The molecule has 2 rings (SSSR count). The first-order chi connectivity index (χ1) is 7.63. The highest BCUT2D eigenvalue weighted by Gasteiger charge is 2.32. The molecule has 1 aromatic heterocycles. The number of rotatable bonds is 3. The zero-order valence-electron chi connectivity index (χ0n) is 8.98. The number of aliphatic carboxylic acids is 1. The van der Waals surface area contributed by atoms with E-state index in [1.807, 2.05) is 11.6 Å². The molecule has 88 valence electrons. The van der Waals surface area contributed by atoms with E-state index in [1.54, 1.807) is 6.20 Å². The maximum absolute atomic E-state index is 10.9. The molecule has 6 heteroatoms. The molecule has 0 saturated carbocycles. The highest BCUT2D eigenvalue weighted by molar-refractivity contribution is 9.10. The lowest BCUT2D eigenvalue weighted by molar-refractivity contribution is -0.139. The fourth-order valence-electron chi connectivity index (χ4n) is 2.12. The van der Waals surface area contributed by atoms with E-state index in [-0.39, 0.29) is 6.04 Å². The number of hydrogen-bond acceptors (Lipinski definition) is 3. The van der Waals surface area contributed by atoms with Crippen LogP contribution in [0.1, 0.15) is 31.5 Å². The molecular formula is C10H14BrN3O2. The lowest BCUT2D eigenvalue weighted by Crippen LogP contribution is -2.32. The van der Waals surface area contributed by atoms with Gasteiger partial charge >= 0.3 is 5.97 Å². The van der Waals surface area contributed by atoms with Gasteiger partial charge in [0.15, 0.2) is 0 Å². The molecule has 1 aliphatic heterocycles. The lowest BCUT2D eigenvalue weighted by Gasteiger charge is -2.14. The summed E-state index contributed by atoms with van der Waals surface area (Å²) in [5, 5.41) is 16.3. The van der Waals surface area contributed by atoms with Crippen molar-refractivity contribution in [3.63, 3.8) is 0 Å². The van der Waals surface area contributed by atoms with E-state index < -0.39 is 12.0 Å². The van der Waals surface area contributed by atoms with E-state index >= 15 is 0 Å². The number of nitrogens with zero attached hydrogens (tertiary/aromatic N) is 2. The first-order valence-electron chi connectivity index (χ1n) is 5.33. The van der Waals surface area contributed by atoms with Crippen LogP contribution in [0.3, 0.4) is 0 Å². The Balaban J connectivity index is 2.19. The molecule has 1 aromatic rings. The fraction of sp³-hybridized carbons (Fsp3) is 0.600. The number of aryl methyl sites for hydroxylation is 1. The van der Waals surface area contributed by atoms with Gasteiger partial charge in [0, 0.05) is 6.54 Å². The first-order valence-corrected chi connectivity index (χ1v) is 6.12. The van der Waals surface area contributed by atoms with Gasteiger partial charge in [0.2, 0.25) is 0 Å². The van der Waals surface area contributed by atoms with Gasteiger partial charge in [-0.2, -0.15) is 5.10 Å². The minimum Gasteiger partial charge on any atom is -0.480 e. The van der Waals surface area contributed by atoms with Gasteiger partial charge in [0.05, 0.1) is 22.4 Å². The summed E-state index contributed by atoms with van der Waals surface area (Å²) in [6, 6.07) is -0.352. The summed E-state index contributed by atoms with van der Waals surface area (Å²) >= 11 is 3.45. The average molecular weight is 288 g/mol. The van der Waals surface area contributed by atoms with Crippen LogP contribution in [0.4, 0.5) is 0 Å². The van der Waals surface area contributed by atoms with E-state index in [1.165, 1.54) is 0 Å². The Morgan fingerprint density at radius 2 is 2.50 bits per heavy atom. The third kappa shape index (κ3) is 1.99. The second-order valence-electron chi connectivity index (χ2n) is 3.88. The SMILES string of the molecule is CCn1ncc(Br)c1C1CCC(C(=O)O)N1. The van der Waals surface area contributed by atoms with Crippen molar-refractivity contribution < 1.29 is 9.90 Å². The van der Waals surface area contributed by atoms with Crippen molar-refractivity contribution >= 4 is 21.9 Å². The van der Waals surface area contributed by atoms with E-state index in [0.717, 1.165) is 23.1 Å². The fourth-order valence-corrected chi connectivity index (χ4v) is 2.70. The molecular weight excluding hydrogens is 274 g/mol. The summed E-state index contributed by atoms with van der Waals surface area (Å²) < 4.78 is 2.84. The van der Waals surface area contributed by atoms with Gasteiger partial charge in [0.25, 0.3) is 0 Å². The third-order valence-electron chi connectivity index (χ3n) is 2.91. The Hall–Kier alpha value is -0.880. The lowest BCUT2D eigenvalue weighted by atomic mass is 10.1. The monoisotopic (exact) mass is 287 g/mol. The molecule has 0 spiro atoms. The molecule has 0 aliphatic carbocycles. The third-order valence-corrected chi connectivity index (χ3v) is 3.52. The van der Waals surface area contributed by atoms with Gasteiger partial charge in [-0.1, -0.05) is 0 Å². The van der Waals surface area contributed by atoms with Crippen molar-refractivity contribution in [2.24, 2.45) is 0 Å². The minimum atomic E-state index is -0.777. The number of hydrogen-bond donors (Lipinski definition) is 2. The number of nitrogens with one attached hydrogen (secondary N) is 1. The molecule has 0 radical (unpaired) electrons. The smallest absolute Gasteiger partial charge is 0.320 e. The van der Waals surface area contributed by atoms with Crippen LogP contribution in [0.5, 0.6) is 0 Å². The highest BCUT2D eigenvalue weighted by Crippen LogP contribution is 2.31. The summed E-state index contributed by atoms with van der Waals surface area (Å²) in [6.07, 6.45) is 3.26. The predicted octanol–water partition coefficient (Wildman–Crippen LogP) is 1.54. The Labute approximate surface area is 102 Å². The quantitative estimate of drug-likeness (QED) is 0.885. The van der Waals surface area contributed by atoms with Crippen molar-refractivity contribution in [3.05, 3.63) is 16.4 Å². The van der Waals surface area contributed by atoms with Crippen LogP contribution in [0.25, 0.3) is 0 Å². The Kier molecular flexibility index (Phi) is 3.30. The van der Waals surface area contributed by atoms with Gasteiger partial charge in [-0.15, -0.1) is 0 Å². The van der Waals surface area contributed by atoms with Crippen molar-refractivity contribution in [3.8, 4) is 0 Å². The average Bonchev–Trinajstić information content (AvgIpc) is 2.83. The van der Waals surface area contributed by atoms with Crippen LogP contribution in [0, 0.1) is 0 Å². The summed E-state index contributed by atoms with van der Waals surface area (Å²) in [6.45, 7) is 2.81. The zero-order valence-corrected chi connectivity index (χ0v) is 10.6. The van der Waals surface area contributed by atoms with Crippen LogP contribution < -0.4 is 5.32 Å². The topological polar surface area (TPSA) is 67.2 Å². The van der Waals surface area contributed by atoms with Gasteiger partial charge in [-0.25, -0.2) is 0 Å². The van der Waals surface area contributed by atoms with Crippen molar-refractivity contribution in [2.45, 2.75) is 38.4 Å². The predicted molar refractivity (Wildman–Crippen MR) is 62.1 cm³/mol. The van der Waals surface area contributed by atoms with Crippen LogP contribution in [0.2, 0.25) is 0 Å². The number of carbonyl (C=O) groups is 1. The van der Waals surface area contributed by atoms with Crippen LogP contribution in [-0.4, -0.2) is 26.9 Å². The van der Waals surface area contributed by atoms with Gasteiger partial charge in [-0.3, -0.25) is 14.8 Å². The minimum absolute atomic E-state index is 0.0814. The molecule has 0 aromatic carbocycles. The largest absolute Gasteiger partial charge is 0.480 e. The molecule has 1 aliphatic rings. The molecule has 1 saturated heterocycles. The van der Waals surface area contributed by atoms with Gasteiger partial charge < -0.3 is 5.11 Å². The number of halogens is 1. The first kappa shape index (κ1) is 11.6. The Morgan fingerprint density at radius 3 is 3.06 bits per heavy atom. The molecule has 2 N–H and O–H groups in total. The Morgan fingerprint density at radius 1 is 1.75 bits per heavy atom. The molecule has 2 heterocycles. The molecule has 2 unspecified atom stereocenters. The maximum Gasteiger partial charge on any atom is 0.320 e. The summed E-state index contributed by atoms with van der Waals surface area (Å²) in [7, 11) is 0. The summed E-state index contributed by atoms with van der Waals surface area (Å²) in [5.41, 5.74) is 1.05. The molecule has 0 amide bonds. The van der Waals surface area contributed by atoms with Gasteiger partial charge in [-0.05, 0) is 35.7 Å².